The molecule has 0 fully saturated rings. The van der Waals surface area contributed by atoms with Crippen molar-refractivity contribution >= 4 is 15.9 Å². The van der Waals surface area contributed by atoms with Crippen LogP contribution < -0.4 is 5.32 Å². The van der Waals surface area contributed by atoms with Crippen molar-refractivity contribution in [1.29, 1.82) is 0 Å². The molecule has 72 valence electrons. The molecule has 0 aromatic heterocycles. The first-order chi connectivity index (χ1) is 6.19. The maximum absolute atomic E-state index is 12.9. The average Bonchev–Trinajstić information content (AvgIpc) is 2.13. The van der Waals surface area contributed by atoms with E-state index in [-0.39, 0.29) is 11.9 Å². The third-order valence-electron chi connectivity index (χ3n) is 2.09. The van der Waals surface area contributed by atoms with Gasteiger partial charge in [-0.05, 0) is 37.2 Å². The highest BCUT2D eigenvalue weighted by Gasteiger charge is 2.10. The summed E-state index contributed by atoms with van der Waals surface area (Å²) in [5.74, 6) is -0.188. The Bertz CT molecular complexity index is 284. The quantitative estimate of drug-likeness (QED) is 0.863. The van der Waals surface area contributed by atoms with Crippen LogP contribution in [0.1, 0.15) is 24.9 Å². The zero-order valence-corrected chi connectivity index (χ0v) is 9.36. The van der Waals surface area contributed by atoms with Crippen LogP contribution in [-0.2, 0) is 0 Å². The van der Waals surface area contributed by atoms with Crippen molar-refractivity contribution in [3.05, 3.63) is 34.1 Å². The minimum Gasteiger partial charge on any atom is -0.313 e. The summed E-state index contributed by atoms with van der Waals surface area (Å²) < 4.78 is 13.9. The minimum absolute atomic E-state index is 0.188. The molecule has 0 amide bonds. The van der Waals surface area contributed by atoms with E-state index in [1.807, 2.05) is 7.05 Å². The molecule has 1 aromatic carbocycles. The van der Waals surface area contributed by atoms with Gasteiger partial charge in [0, 0.05) is 10.5 Å². The van der Waals surface area contributed by atoms with Gasteiger partial charge in [0.2, 0.25) is 0 Å². The molecule has 0 bridgehead atoms. The lowest BCUT2D eigenvalue weighted by Crippen LogP contribution is -2.15. The fourth-order valence-electron chi connectivity index (χ4n) is 1.36. The van der Waals surface area contributed by atoms with E-state index in [4.69, 9.17) is 0 Å². The van der Waals surface area contributed by atoms with Crippen LogP contribution in [0.3, 0.4) is 0 Å². The zero-order valence-electron chi connectivity index (χ0n) is 7.77. The molecule has 0 aliphatic heterocycles. The molecule has 3 heteroatoms. The number of benzene rings is 1. The van der Waals surface area contributed by atoms with Crippen molar-refractivity contribution in [2.24, 2.45) is 0 Å². The number of rotatable bonds is 3. The molecule has 1 atom stereocenters. The summed E-state index contributed by atoms with van der Waals surface area (Å²) in [4.78, 5) is 0. The third kappa shape index (κ3) is 2.51. The lowest BCUT2D eigenvalue weighted by molar-refractivity contribution is 0.563. The molecule has 0 saturated carbocycles. The molecule has 0 saturated heterocycles. The van der Waals surface area contributed by atoms with Crippen LogP contribution in [0.25, 0.3) is 0 Å². The molecule has 1 unspecified atom stereocenters. The molecular formula is C10H13BrFN. The van der Waals surface area contributed by atoms with Crippen molar-refractivity contribution in [2.45, 2.75) is 19.4 Å². The summed E-state index contributed by atoms with van der Waals surface area (Å²) in [5.41, 5.74) is 0.977. The van der Waals surface area contributed by atoms with Crippen LogP contribution in [0.15, 0.2) is 22.7 Å². The lowest BCUT2D eigenvalue weighted by atomic mass is 10.1. The summed E-state index contributed by atoms with van der Waals surface area (Å²) in [5, 5.41) is 3.14. The Kier molecular flexibility index (Phi) is 3.88. The molecule has 1 rings (SSSR count). The maximum atomic E-state index is 12.9. The molecule has 1 nitrogen and oxygen atoms in total. The van der Waals surface area contributed by atoms with Crippen LogP contribution in [0.4, 0.5) is 4.39 Å². The number of nitrogens with one attached hydrogen (secondary N) is 1. The fraction of sp³-hybridized carbons (Fsp3) is 0.400. The second-order valence-electron chi connectivity index (χ2n) is 2.92. The Balaban J connectivity index is 3.03. The van der Waals surface area contributed by atoms with E-state index < -0.39 is 0 Å². The second kappa shape index (κ2) is 4.72. The maximum Gasteiger partial charge on any atom is 0.123 e. The topological polar surface area (TPSA) is 12.0 Å². The molecule has 1 aromatic rings. The molecule has 0 heterocycles. The molecular weight excluding hydrogens is 233 g/mol. The van der Waals surface area contributed by atoms with Crippen LogP contribution >= 0.6 is 15.9 Å². The van der Waals surface area contributed by atoms with Crippen LogP contribution in [0.2, 0.25) is 0 Å². The fourth-order valence-corrected chi connectivity index (χ4v) is 1.88. The van der Waals surface area contributed by atoms with E-state index in [9.17, 15) is 4.39 Å². The second-order valence-corrected chi connectivity index (χ2v) is 3.77. The predicted octanol–water partition coefficient (Wildman–Crippen LogP) is 3.26. The normalized spacial score (nSPS) is 12.9. The summed E-state index contributed by atoms with van der Waals surface area (Å²) in [6.07, 6.45) is 0.943. The van der Waals surface area contributed by atoms with Gasteiger partial charge in [-0.3, -0.25) is 0 Å². The summed E-state index contributed by atoms with van der Waals surface area (Å²) in [7, 11) is 1.88. The van der Waals surface area contributed by atoms with Crippen LogP contribution in [0, 0.1) is 5.82 Å². The van der Waals surface area contributed by atoms with E-state index in [2.05, 4.69) is 28.2 Å². The Hall–Kier alpha value is -0.410. The largest absolute Gasteiger partial charge is 0.313 e. The monoisotopic (exact) mass is 245 g/mol. The number of hydrogen-bond acceptors (Lipinski definition) is 1. The van der Waals surface area contributed by atoms with Gasteiger partial charge in [0.15, 0.2) is 0 Å². The minimum atomic E-state index is -0.188. The van der Waals surface area contributed by atoms with Gasteiger partial charge in [-0.1, -0.05) is 22.9 Å². The molecule has 13 heavy (non-hydrogen) atoms. The molecule has 0 spiro atoms. The molecule has 0 aliphatic carbocycles. The van der Waals surface area contributed by atoms with Crippen LogP contribution in [-0.4, -0.2) is 7.05 Å². The van der Waals surface area contributed by atoms with Gasteiger partial charge in [-0.25, -0.2) is 4.39 Å². The van der Waals surface area contributed by atoms with Gasteiger partial charge in [0.25, 0.3) is 0 Å². The Morgan fingerprint density at radius 2 is 2.23 bits per heavy atom. The highest BCUT2D eigenvalue weighted by atomic mass is 79.9. The summed E-state index contributed by atoms with van der Waals surface area (Å²) >= 11 is 3.41. The highest BCUT2D eigenvalue weighted by molar-refractivity contribution is 9.10. The Labute approximate surface area is 86.5 Å². The van der Waals surface area contributed by atoms with Crippen molar-refractivity contribution < 1.29 is 4.39 Å². The van der Waals surface area contributed by atoms with Crippen molar-refractivity contribution in [3.8, 4) is 0 Å². The summed E-state index contributed by atoms with van der Waals surface area (Å²) in [6, 6.07) is 4.97. The zero-order chi connectivity index (χ0) is 9.84. The SMILES string of the molecule is CCC(NC)c1cc(F)ccc1Br. The Morgan fingerprint density at radius 3 is 2.77 bits per heavy atom. The first kappa shape index (κ1) is 10.7. The molecule has 1 N–H and O–H groups in total. The third-order valence-corrected chi connectivity index (χ3v) is 2.81. The van der Waals surface area contributed by atoms with E-state index in [0.29, 0.717) is 0 Å². The van der Waals surface area contributed by atoms with Gasteiger partial charge >= 0.3 is 0 Å². The van der Waals surface area contributed by atoms with Gasteiger partial charge in [-0.15, -0.1) is 0 Å². The first-order valence-corrected chi connectivity index (χ1v) is 5.10. The van der Waals surface area contributed by atoms with Crippen molar-refractivity contribution in [3.63, 3.8) is 0 Å². The summed E-state index contributed by atoms with van der Waals surface area (Å²) in [6.45, 7) is 2.07. The van der Waals surface area contributed by atoms with E-state index in [1.54, 1.807) is 12.1 Å². The van der Waals surface area contributed by atoms with Crippen LogP contribution in [0.5, 0.6) is 0 Å². The van der Waals surface area contributed by atoms with Gasteiger partial charge in [0.05, 0.1) is 0 Å². The standard InChI is InChI=1S/C10H13BrFN/c1-3-10(13-2)8-6-7(12)4-5-9(8)11/h4-6,10,13H,3H2,1-2H3. The number of halogens is 2. The van der Waals surface area contributed by atoms with E-state index in [1.165, 1.54) is 6.07 Å². The number of hydrogen-bond donors (Lipinski definition) is 1. The molecule has 0 aliphatic rings. The average molecular weight is 246 g/mol. The van der Waals surface area contributed by atoms with E-state index in [0.717, 1.165) is 16.5 Å². The Morgan fingerprint density at radius 1 is 1.54 bits per heavy atom. The van der Waals surface area contributed by atoms with Crippen molar-refractivity contribution in [2.75, 3.05) is 7.05 Å². The van der Waals surface area contributed by atoms with Gasteiger partial charge in [0.1, 0.15) is 5.82 Å². The molecule has 0 radical (unpaired) electrons. The van der Waals surface area contributed by atoms with Gasteiger partial charge < -0.3 is 5.32 Å². The first-order valence-electron chi connectivity index (χ1n) is 4.31. The predicted molar refractivity (Wildman–Crippen MR) is 56.2 cm³/mol. The lowest BCUT2D eigenvalue weighted by Gasteiger charge is -2.15. The smallest absolute Gasteiger partial charge is 0.123 e. The van der Waals surface area contributed by atoms with E-state index >= 15 is 0 Å². The van der Waals surface area contributed by atoms with Crippen molar-refractivity contribution in [1.82, 2.24) is 5.32 Å². The van der Waals surface area contributed by atoms with Gasteiger partial charge in [-0.2, -0.15) is 0 Å². The highest BCUT2D eigenvalue weighted by Crippen LogP contribution is 2.25.